The maximum Gasteiger partial charge on any atom is 0.340 e. The van der Waals surface area contributed by atoms with Gasteiger partial charge in [0.15, 0.2) is 0 Å². The summed E-state index contributed by atoms with van der Waals surface area (Å²) in [4.78, 5) is 11.7. The second kappa shape index (κ2) is 6.61. The molecule has 1 fully saturated rings. The van der Waals surface area contributed by atoms with E-state index in [2.05, 4.69) is 5.32 Å². The van der Waals surface area contributed by atoms with Crippen LogP contribution in [0.5, 0.6) is 0 Å². The minimum Gasteiger partial charge on any atom is -0.465 e. The van der Waals surface area contributed by atoms with Crippen LogP contribution in [0, 0.1) is 6.92 Å². The number of hydrogen-bond acceptors (Lipinski definition) is 5. The van der Waals surface area contributed by atoms with Crippen LogP contribution in [0.25, 0.3) is 0 Å². The fourth-order valence-corrected chi connectivity index (χ4v) is 2.38. The zero-order valence-electron chi connectivity index (χ0n) is 12.1. The van der Waals surface area contributed by atoms with Gasteiger partial charge in [-0.05, 0) is 43.9 Å². The molecule has 1 unspecified atom stereocenters. The SMILES string of the molecule is COC(=O)c1cc(NCC2CCCCO2)cc(C)c1N. The van der Waals surface area contributed by atoms with Gasteiger partial charge in [-0.1, -0.05) is 0 Å². The molecule has 1 heterocycles. The van der Waals surface area contributed by atoms with E-state index in [1.165, 1.54) is 13.5 Å². The van der Waals surface area contributed by atoms with E-state index in [4.69, 9.17) is 15.2 Å². The Hall–Kier alpha value is -1.75. The second-order valence-electron chi connectivity index (χ2n) is 5.12. The van der Waals surface area contributed by atoms with E-state index >= 15 is 0 Å². The first-order chi connectivity index (χ1) is 9.61. The van der Waals surface area contributed by atoms with E-state index in [1.807, 2.05) is 13.0 Å². The third-order valence-electron chi connectivity index (χ3n) is 3.60. The molecule has 5 nitrogen and oxygen atoms in total. The Morgan fingerprint density at radius 1 is 1.50 bits per heavy atom. The van der Waals surface area contributed by atoms with Crippen molar-refractivity contribution < 1.29 is 14.3 Å². The Morgan fingerprint density at radius 3 is 2.95 bits per heavy atom. The summed E-state index contributed by atoms with van der Waals surface area (Å²) in [6.45, 7) is 3.45. The highest BCUT2D eigenvalue weighted by atomic mass is 16.5. The summed E-state index contributed by atoms with van der Waals surface area (Å²) < 4.78 is 10.4. The largest absolute Gasteiger partial charge is 0.465 e. The Labute approximate surface area is 119 Å². The van der Waals surface area contributed by atoms with Gasteiger partial charge >= 0.3 is 5.97 Å². The van der Waals surface area contributed by atoms with Crippen LogP contribution in [0.1, 0.15) is 35.2 Å². The van der Waals surface area contributed by atoms with Crippen molar-refractivity contribution >= 4 is 17.3 Å². The van der Waals surface area contributed by atoms with Crippen molar-refractivity contribution in [2.75, 3.05) is 31.3 Å². The van der Waals surface area contributed by atoms with Gasteiger partial charge in [-0.25, -0.2) is 4.79 Å². The van der Waals surface area contributed by atoms with Crippen LogP contribution in [0.4, 0.5) is 11.4 Å². The molecular weight excluding hydrogens is 256 g/mol. The molecule has 0 amide bonds. The zero-order chi connectivity index (χ0) is 14.5. The van der Waals surface area contributed by atoms with Crippen molar-refractivity contribution in [3.05, 3.63) is 23.3 Å². The fraction of sp³-hybridized carbons (Fsp3) is 0.533. The molecule has 1 atom stereocenters. The summed E-state index contributed by atoms with van der Waals surface area (Å²) in [6.07, 6.45) is 3.66. The lowest BCUT2D eigenvalue weighted by Gasteiger charge is -2.23. The van der Waals surface area contributed by atoms with Crippen molar-refractivity contribution in [3.63, 3.8) is 0 Å². The summed E-state index contributed by atoms with van der Waals surface area (Å²) >= 11 is 0. The van der Waals surface area contributed by atoms with Gasteiger partial charge < -0.3 is 20.5 Å². The van der Waals surface area contributed by atoms with Crippen molar-refractivity contribution in [3.8, 4) is 0 Å². The first kappa shape index (κ1) is 14.7. The summed E-state index contributed by atoms with van der Waals surface area (Å²) in [7, 11) is 1.35. The second-order valence-corrected chi connectivity index (χ2v) is 5.12. The van der Waals surface area contributed by atoms with E-state index in [9.17, 15) is 4.79 Å². The molecule has 0 aromatic heterocycles. The molecule has 0 saturated carbocycles. The molecule has 1 saturated heterocycles. The number of carbonyl (C=O) groups excluding carboxylic acids is 1. The fourth-order valence-electron chi connectivity index (χ4n) is 2.38. The lowest BCUT2D eigenvalue weighted by molar-refractivity contribution is 0.0247. The van der Waals surface area contributed by atoms with Gasteiger partial charge in [0.2, 0.25) is 0 Å². The van der Waals surface area contributed by atoms with Gasteiger partial charge in [-0.2, -0.15) is 0 Å². The predicted molar refractivity (Wildman–Crippen MR) is 79.0 cm³/mol. The van der Waals surface area contributed by atoms with Gasteiger partial charge in [-0.15, -0.1) is 0 Å². The van der Waals surface area contributed by atoms with Gasteiger partial charge in [0.05, 0.1) is 18.8 Å². The molecule has 5 heteroatoms. The lowest BCUT2D eigenvalue weighted by atomic mass is 10.1. The lowest BCUT2D eigenvalue weighted by Crippen LogP contribution is -2.27. The number of hydrogen-bond donors (Lipinski definition) is 2. The zero-order valence-corrected chi connectivity index (χ0v) is 12.1. The highest BCUT2D eigenvalue weighted by Crippen LogP contribution is 2.24. The quantitative estimate of drug-likeness (QED) is 0.653. The van der Waals surface area contributed by atoms with Crippen LogP contribution < -0.4 is 11.1 Å². The molecule has 110 valence electrons. The van der Waals surface area contributed by atoms with Crippen molar-refractivity contribution in [2.45, 2.75) is 32.3 Å². The molecule has 3 N–H and O–H groups in total. The summed E-state index contributed by atoms with van der Waals surface area (Å²) in [5.41, 5.74) is 8.51. The minimum absolute atomic E-state index is 0.239. The highest BCUT2D eigenvalue weighted by molar-refractivity contribution is 5.97. The molecule has 0 spiro atoms. The van der Waals surface area contributed by atoms with Crippen LogP contribution in [0.2, 0.25) is 0 Å². The minimum atomic E-state index is -0.414. The average Bonchev–Trinajstić information content (AvgIpc) is 2.48. The van der Waals surface area contributed by atoms with Crippen LogP contribution in [-0.2, 0) is 9.47 Å². The van der Waals surface area contributed by atoms with Gasteiger partial charge in [-0.3, -0.25) is 0 Å². The standard InChI is InChI=1S/C15H22N2O3/c1-10-7-11(8-13(14(10)16)15(18)19-2)17-9-12-5-3-4-6-20-12/h7-8,12,17H,3-6,9,16H2,1-2H3. The molecule has 20 heavy (non-hydrogen) atoms. The molecule has 0 bridgehead atoms. The van der Waals surface area contributed by atoms with Crippen LogP contribution in [0.15, 0.2) is 12.1 Å². The summed E-state index contributed by atoms with van der Waals surface area (Å²) in [5, 5.41) is 3.31. The van der Waals surface area contributed by atoms with Crippen LogP contribution in [-0.4, -0.2) is 32.3 Å². The van der Waals surface area contributed by atoms with Crippen molar-refractivity contribution in [2.24, 2.45) is 0 Å². The van der Waals surface area contributed by atoms with E-state index < -0.39 is 5.97 Å². The number of nitrogens with two attached hydrogens (primary N) is 1. The Balaban J connectivity index is 2.07. The number of nitrogen functional groups attached to an aromatic ring is 1. The van der Waals surface area contributed by atoms with E-state index in [-0.39, 0.29) is 6.10 Å². The molecule has 0 aliphatic carbocycles. The smallest absolute Gasteiger partial charge is 0.340 e. The third-order valence-corrected chi connectivity index (χ3v) is 3.60. The van der Waals surface area contributed by atoms with Crippen molar-refractivity contribution in [1.82, 2.24) is 0 Å². The van der Waals surface area contributed by atoms with Crippen molar-refractivity contribution in [1.29, 1.82) is 0 Å². The average molecular weight is 278 g/mol. The Morgan fingerprint density at radius 2 is 2.30 bits per heavy atom. The number of methoxy groups -OCH3 is 1. The number of benzene rings is 1. The van der Waals surface area contributed by atoms with E-state index in [0.717, 1.165) is 37.2 Å². The Bertz CT molecular complexity index is 482. The predicted octanol–water partition coefficient (Wildman–Crippen LogP) is 2.34. The number of anilines is 2. The Kier molecular flexibility index (Phi) is 4.84. The molecule has 0 radical (unpaired) electrons. The molecule has 1 aliphatic rings. The number of carbonyl (C=O) groups is 1. The first-order valence-corrected chi connectivity index (χ1v) is 6.95. The number of aryl methyl sites for hydroxylation is 1. The topological polar surface area (TPSA) is 73.6 Å². The molecule has 1 aromatic rings. The summed E-state index contributed by atoms with van der Waals surface area (Å²) in [5.74, 6) is -0.414. The molecule has 1 aromatic carbocycles. The van der Waals surface area contributed by atoms with Crippen LogP contribution in [0.3, 0.4) is 0 Å². The maximum absolute atomic E-state index is 11.7. The molecular formula is C15H22N2O3. The van der Waals surface area contributed by atoms with Gasteiger partial charge in [0.25, 0.3) is 0 Å². The van der Waals surface area contributed by atoms with Gasteiger partial charge in [0, 0.05) is 24.5 Å². The normalized spacial score (nSPS) is 18.6. The number of nitrogens with one attached hydrogen (secondary N) is 1. The summed E-state index contributed by atoms with van der Waals surface area (Å²) in [6, 6.07) is 3.67. The molecule has 1 aliphatic heterocycles. The number of esters is 1. The van der Waals surface area contributed by atoms with E-state index in [1.54, 1.807) is 6.07 Å². The van der Waals surface area contributed by atoms with E-state index in [0.29, 0.717) is 11.3 Å². The van der Waals surface area contributed by atoms with Gasteiger partial charge in [0.1, 0.15) is 0 Å². The highest BCUT2D eigenvalue weighted by Gasteiger charge is 2.16. The van der Waals surface area contributed by atoms with Crippen LogP contribution >= 0.6 is 0 Å². The monoisotopic (exact) mass is 278 g/mol. The molecule has 2 rings (SSSR count). The maximum atomic E-state index is 11.7. The number of rotatable bonds is 4. The third kappa shape index (κ3) is 3.42. The first-order valence-electron chi connectivity index (χ1n) is 6.95. The number of ether oxygens (including phenoxy) is 2.